The number of thiocarbonyl (C=S) groups is 1. The molecule has 1 N–H and O–H groups in total. The fourth-order valence-electron chi connectivity index (χ4n) is 1.40. The molecule has 0 atom stereocenters. The first-order chi connectivity index (χ1) is 8.20. The molecule has 0 saturated carbocycles. The number of nitrogens with zero attached hydrogens (tertiary/aromatic N) is 2. The number of thioether (sulfide) groups is 1. The molecule has 0 bridgehead atoms. The van der Waals surface area contributed by atoms with E-state index >= 15 is 0 Å². The van der Waals surface area contributed by atoms with Crippen molar-refractivity contribution in [3.63, 3.8) is 0 Å². The van der Waals surface area contributed by atoms with Crippen molar-refractivity contribution in [2.75, 3.05) is 17.7 Å². The molecule has 1 aliphatic heterocycles. The summed E-state index contributed by atoms with van der Waals surface area (Å²) in [7, 11) is 0. The zero-order valence-electron chi connectivity index (χ0n) is 8.84. The van der Waals surface area contributed by atoms with Gasteiger partial charge < -0.3 is 5.32 Å². The van der Waals surface area contributed by atoms with Gasteiger partial charge in [-0.1, -0.05) is 30.0 Å². The first kappa shape index (κ1) is 11.9. The zero-order chi connectivity index (χ0) is 12.3. The van der Waals surface area contributed by atoms with Gasteiger partial charge in [-0.05, 0) is 18.2 Å². The molecule has 0 unspecified atom stereocenters. The second-order valence-corrected chi connectivity index (χ2v) is 5.01. The van der Waals surface area contributed by atoms with Crippen molar-refractivity contribution >= 4 is 39.9 Å². The monoisotopic (exact) mass is 263 g/mol. The van der Waals surface area contributed by atoms with Crippen LogP contribution in [-0.4, -0.2) is 27.5 Å². The number of rotatable bonds is 3. The lowest BCUT2D eigenvalue weighted by molar-refractivity contribution is -0.123. The van der Waals surface area contributed by atoms with Crippen molar-refractivity contribution in [3.8, 4) is 6.07 Å². The van der Waals surface area contributed by atoms with Crippen LogP contribution in [0.25, 0.3) is 0 Å². The van der Waals surface area contributed by atoms with Crippen LogP contribution < -0.4 is 5.32 Å². The molecule has 4 nitrogen and oxygen atoms in total. The zero-order valence-corrected chi connectivity index (χ0v) is 10.5. The molecule has 86 valence electrons. The lowest BCUT2D eigenvalue weighted by atomic mass is 10.2. The largest absolute Gasteiger partial charge is 0.367 e. The molecule has 1 heterocycles. The highest BCUT2D eigenvalue weighted by Gasteiger charge is 2.25. The third-order valence-corrected chi connectivity index (χ3v) is 3.71. The van der Waals surface area contributed by atoms with Gasteiger partial charge in [0.05, 0.1) is 24.1 Å². The first-order valence-electron chi connectivity index (χ1n) is 4.92. The van der Waals surface area contributed by atoms with Gasteiger partial charge in [-0.3, -0.25) is 9.69 Å². The van der Waals surface area contributed by atoms with E-state index in [4.69, 9.17) is 17.5 Å². The Hall–Kier alpha value is -1.58. The van der Waals surface area contributed by atoms with Crippen molar-refractivity contribution in [2.45, 2.75) is 0 Å². The van der Waals surface area contributed by atoms with E-state index in [1.807, 2.05) is 6.07 Å². The molecule has 6 heteroatoms. The van der Waals surface area contributed by atoms with Crippen LogP contribution in [0.15, 0.2) is 24.3 Å². The number of carbonyl (C=O) groups is 1. The van der Waals surface area contributed by atoms with Crippen LogP contribution in [0.1, 0.15) is 5.56 Å². The summed E-state index contributed by atoms with van der Waals surface area (Å²) < 4.78 is 0.596. The lowest BCUT2D eigenvalue weighted by Crippen LogP contribution is -2.33. The summed E-state index contributed by atoms with van der Waals surface area (Å²) in [6, 6.07) is 9.16. The van der Waals surface area contributed by atoms with Crippen LogP contribution in [0.2, 0.25) is 0 Å². The van der Waals surface area contributed by atoms with Gasteiger partial charge in [-0.15, -0.1) is 0 Å². The summed E-state index contributed by atoms with van der Waals surface area (Å²) in [6.07, 6.45) is 0. The second-order valence-electron chi connectivity index (χ2n) is 3.40. The Labute approximate surface area is 109 Å². The molecule has 1 aliphatic rings. The maximum Gasteiger partial charge on any atom is 0.239 e. The van der Waals surface area contributed by atoms with Crippen molar-refractivity contribution in [1.29, 1.82) is 5.26 Å². The van der Waals surface area contributed by atoms with Crippen LogP contribution in [0.3, 0.4) is 0 Å². The number of nitrogens with one attached hydrogen (secondary N) is 1. The van der Waals surface area contributed by atoms with Gasteiger partial charge >= 0.3 is 0 Å². The van der Waals surface area contributed by atoms with Gasteiger partial charge in [-0.25, -0.2) is 0 Å². The average molecular weight is 263 g/mol. The minimum atomic E-state index is 0.0175. The maximum atomic E-state index is 11.5. The molecule has 1 aromatic carbocycles. The van der Waals surface area contributed by atoms with Gasteiger partial charge in [-0.2, -0.15) is 5.26 Å². The Bertz CT molecular complexity index is 494. The highest BCUT2D eigenvalue weighted by Crippen LogP contribution is 2.19. The Balaban J connectivity index is 2.00. The number of hydrogen-bond acceptors (Lipinski definition) is 5. The minimum Gasteiger partial charge on any atom is -0.367 e. The van der Waals surface area contributed by atoms with Gasteiger partial charge in [0.1, 0.15) is 4.32 Å². The molecule has 2 rings (SSSR count). The summed E-state index contributed by atoms with van der Waals surface area (Å²) in [5.41, 5.74) is 1.39. The van der Waals surface area contributed by atoms with E-state index in [-0.39, 0.29) is 5.91 Å². The van der Waals surface area contributed by atoms with E-state index in [9.17, 15) is 4.79 Å². The van der Waals surface area contributed by atoms with E-state index in [0.717, 1.165) is 5.69 Å². The fraction of sp³-hybridized carbons (Fsp3) is 0.182. The lowest BCUT2D eigenvalue weighted by Gasteiger charge is -2.16. The van der Waals surface area contributed by atoms with E-state index in [2.05, 4.69) is 11.4 Å². The summed E-state index contributed by atoms with van der Waals surface area (Å²) in [5.74, 6) is 0.433. The molecule has 0 spiro atoms. The van der Waals surface area contributed by atoms with Gasteiger partial charge in [0, 0.05) is 5.69 Å². The molecule has 1 saturated heterocycles. The van der Waals surface area contributed by atoms with Crippen molar-refractivity contribution in [2.24, 2.45) is 0 Å². The van der Waals surface area contributed by atoms with Crippen LogP contribution >= 0.6 is 24.0 Å². The third kappa shape index (κ3) is 2.75. The van der Waals surface area contributed by atoms with Crippen LogP contribution in [0.4, 0.5) is 5.69 Å². The average Bonchev–Trinajstić information content (AvgIpc) is 2.67. The van der Waals surface area contributed by atoms with Gasteiger partial charge in [0.2, 0.25) is 5.91 Å². The molecule has 1 aromatic rings. The predicted octanol–water partition coefficient (Wildman–Crippen LogP) is 1.79. The molecule has 1 amide bonds. The van der Waals surface area contributed by atoms with Crippen molar-refractivity contribution < 1.29 is 4.79 Å². The Morgan fingerprint density at radius 2 is 2.41 bits per heavy atom. The minimum absolute atomic E-state index is 0.0175. The van der Waals surface area contributed by atoms with Crippen molar-refractivity contribution in [1.82, 2.24) is 4.90 Å². The normalized spacial score (nSPS) is 14.9. The molecule has 1 fully saturated rings. The Kier molecular flexibility index (Phi) is 3.61. The smallest absolute Gasteiger partial charge is 0.239 e. The summed E-state index contributed by atoms with van der Waals surface area (Å²) in [5, 5.41) is 11.8. The van der Waals surface area contributed by atoms with E-state index < -0.39 is 0 Å². The molecule has 0 aliphatic carbocycles. The Morgan fingerprint density at radius 3 is 3.06 bits per heavy atom. The highest BCUT2D eigenvalue weighted by atomic mass is 32.2. The summed E-state index contributed by atoms with van der Waals surface area (Å²) in [6.45, 7) is 0.347. The van der Waals surface area contributed by atoms with Gasteiger partial charge in [0.25, 0.3) is 0 Å². The van der Waals surface area contributed by atoms with Crippen LogP contribution in [0, 0.1) is 11.3 Å². The summed E-state index contributed by atoms with van der Waals surface area (Å²) in [4.78, 5) is 13.0. The van der Waals surface area contributed by atoms with E-state index in [1.54, 1.807) is 18.2 Å². The third-order valence-electron chi connectivity index (χ3n) is 2.27. The number of carbonyl (C=O) groups excluding carboxylic acids is 1. The number of benzene rings is 1. The highest BCUT2D eigenvalue weighted by molar-refractivity contribution is 8.23. The SMILES string of the molecule is N#Cc1cccc(NCN2C(=O)CSC2=S)c1. The topological polar surface area (TPSA) is 56.1 Å². The molecule has 17 heavy (non-hydrogen) atoms. The number of hydrogen-bond donors (Lipinski definition) is 1. The van der Waals surface area contributed by atoms with E-state index in [1.165, 1.54) is 16.7 Å². The van der Waals surface area contributed by atoms with Crippen LogP contribution in [-0.2, 0) is 4.79 Å². The quantitative estimate of drug-likeness (QED) is 0.843. The Morgan fingerprint density at radius 1 is 1.59 bits per heavy atom. The molecular formula is C11H9N3OS2. The molecular weight excluding hydrogens is 254 g/mol. The first-order valence-corrected chi connectivity index (χ1v) is 6.31. The summed E-state index contributed by atoms with van der Waals surface area (Å²) >= 11 is 6.43. The maximum absolute atomic E-state index is 11.5. The number of anilines is 1. The molecule has 0 aromatic heterocycles. The standard InChI is InChI=1S/C11H9N3OS2/c12-5-8-2-1-3-9(4-8)13-7-14-10(15)6-17-11(14)16/h1-4,13H,6-7H2. The van der Waals surface area contributed by atoms with Crippen molar-refractivity contribution in [3.05, 3.63) is 29.8 Å². The number of amides is 1. The molecule has 0 radical (unpaired) electrons. The number of nitriles is 1. The fourth-order valence-corrected chi connectivity index (χ4v) is 2.47. The van der Waals surface area contributed by atoms with Gasteiger partial charge in [0.15, 0.2) is 0 Å². The predicted molar refractivity (Wildman–Crippen MR) is 71.5 cm³/mol. The van der Waals surface area contributed by atoms with Crippen LogP contribution in [0.5, 0.6) is 0 Å². The van der Waals surface area contributed by atoms with E-state index in [0.29, 0.717) is 22.3 Å². The second kappa shape index (κ2) is 5.17.